The van der Waals surface area contributed by atoms with Gasteiger partial charge in [0.2, 0.25) is 5.91 Å². The number of amides is 1. The fourth-order valence-corrected chi connectivity index (χ4v) is 4.50. The number of hydrogen-bond donors (Lipinski definition) is 0. The summed E-state index contributed by atoms with van der Waals surface area (Å²) < 4.78 is 1.97. The van der Waals surface area contributed by atoms with Crippen LogP contribution in [0.2, 0.25) is 0 Å². The third-order valence-electron chi connectivity index (χ3n) is 5.68. The minimum Gasteiger partial charge on any atom is -0.334 e. The zero-order valence-electron chi connectivity index (χ0n) is 16.2. The Hall–Kier alpha value is -2.50. The molecule has 27 heavy (non-hydrogen) atoms. The van der Waals surface area contributed by atoms with Crippen molar-refractivity contribution in [3.63, 3.8) is 0 Å². The molecule has 0 radical (unpaired) electrons. The normalized spacial score (nSPS) is 21.4. The van der Waals surface area contributed by atoms with Crippen LogP contribution in [0, 0.1) is 5.41 Å². The summed E-state index contributed by atoms with van der Waals surface area (Å²) in [5, 5.41) is 4.89. The minimum absolute atomic E-state index is 0.0525. The third kappa shape index (κ3) is 3.29. The van der Waals surface area contributed by atoms with Crippen LogP contribution in [0.15, 0.2) is 24.5 Å². The van der Waals surface area contributed by atoms with E-state index in [1.807, 2.05) is 27.9 Å². The maximum Gasteiger partial charge on any atom is 0.220 e. The molecular formula is C21H26N4O2. The monoisotopic (exact) mass is 366 g/mol. The van der Waals surface area contributed by atoms with E-state index in [1.54, 1.807) is 13.1 Å². The highest BCUT2D eigenvalue weighted by Crippen LogP contribution is 2.41. The third-order valence-corrected chi connectivity index (χ3v) is 5.68. The Balaban J connectivity index is 1.81. The van der Waals surface area contributed by atoms with Gasteiger partial charge in [0.1, 0.15) is 0 Å². The summed E-state index contributed by atoms with van der Waals surface area (Å²) in [5.41, 5.74) is 3.54. The zero-order valence-corrected chi connectivity index (χ0v) is 16.2. The van der Waals surface area contributed by atoms with Crippen LogP contribution in [-0.2, 0) is 17.8 Å². The minimum atomic E-state index is -0.0865. The van der Waals surface area contributed by atoms with E-state index < -0.39 is 0 Å². The Labute approximate surface area is 159 Å². The Morgan fingerprint density at radius 3 is 2.85 bits per heavy atom. The lowest BCUT2D eigenvalue weighted by atomic mass is 9.75. The van der Waals surface area contributed by atoms with Crippen LogP contribution < -0.4 is 0 Å². The van der Waals surface area contributed by atoms with E-state index in [0.29, 0.717) is 13.0 Å². The maximum absolute atomic E-state index is 13.1. The molecule has 1 fully saturated rings. The molecule has 4 rings (SSSR count). The molecule has 6 heteroatoms. The summed E-state index contributed by atoms with van der Waals surface area (Å²) in [6.07, 6.45) is 6.75. The lowest BCUT2D eigenvalue weighted by molar-refractivity contribution is -0.129. The van der Waals surface area contributed by atoms with Crippen LogP contribution in [0.5, 0.6) is 0 Å². The number of likely N-dealkylation sites (tertiary alicyclic amines) is 1. The molecule has 0 spiro atoms. The smallest absolute Gasteiger partial charge is 0.220 e. The standard InChI is InChI=1S/C21H26N4O2/c1-14(26)24-9-5-7-16(24)20-19-17(10-21(2,3)11-18(19)27)25(23-20)13-15-6-4-8-22-12-15/h4,6,8,12,16H,5,7,9-11,13H2,1-3H3/t16-/m0/s1. The van der Waals surface area contributed by atoms with Crippen molar-refractivity contribution in [1.82, 2.24) is 19.7 Å². The quantitative estimate of drug-likeness (QED) is 0.837. The number of aromatic nitrogens is 3. The average molecular weight is 366 g/mol. The zero-order chi connectivity index (χ0) is 19.2. The SMILES string of the molecule is CC(=O)N1CCC[C@H]1c1nn(Cc2cccnc2)c2c1C(=O)CC(C)(C)C2. The molecule has 1 aliphatic carbocycles. The number of hydrogen-bond acceptors (Lipinski definition) is 4. The van der Waals surface area contributed by atoms with Crippen LogP contribution in [0.1, 0.15) is 73.4 Å². The second-order valence-electron chi connectivity index (χ2n) is 8.54. The second-order valence-corrected chi connectivity index (χ2v) is 8.54. The molecule has 1 amide bonds. The number of carbonyl (C=O) groups excluding carboxylic acids is 2. The number of fused-ring (bicyclic) bond motifs is 1. The first kappa shape index (κ1) is 17.9. The van der Waals surface area contributed by atoms with E-state index in [0.717, 1.165) is 48.3 Å². The Bertz CT molecular complexity index is 885. The van der Waals surface area contributed by atoms with Crippen molar-refractivity contribution in [2.75, 3.05) is 6.54 Å². The summed E-state index contributed by atoms with van der Waals surface area (Å²) in [5.74, 6) is 0.209. The number of carbonyl (C=O) groups is 2. The molecule has 0 unspecified atom stereocenters. The van der Waals surface area contributed by atoms with Gasteiger partial charge in [-0.1, -0.05) is 19.9 Å². The molecule has 2 aromatic heterocycles. The summed E-state index contributed by atoms with van der Waals surface area (Å²) in [6, 6.07) is 3.85. The molecule has 6 nitrogen and oxygen atoms in total. The van der Waals surface area contributed by atoms with Gasteiger partial charge < -0.3 is 4.90 Å². The molecular weight excluding hydrogens is 340 g/mol. The molecule has 3 heterocycles. The highest BCUT2D eigenvalue weighted by molar-refractivity contribution is 6.00. The molecule has 0 saturated carbocycles. The van der Waals surface area contributed by atoms with Crippen LogP contribution in [0.3, 0.4) is 0 Å². The van der Waals surface area contributed by atoms with E-state index in [2.05, 4.69) is 18.8 Å². The average Bonchev–Trinajstić information content (AvgIpc) is 3.20. The van der Waals surface area contributed by atoms with Crippen LogP contribution >= 0.6 is 0 Å². The Morgan fingerprint density at radius 1 is 1.33 bits per heavy atom. The Kier molecular flexibility index (Phi) is 4.36. The van der Waals surface area contributed by atoms with Gasteiger partial charge in [0.15, 0.2) is 5.78 Å². The van der Waals surface area contributed by atoms with Crippen LogP contribution in [-0.4, -0.2) is 37.9 Å². The fraction of sp³-hybridized carbons (Fsp3) is 0.524. The molecule has 0 aromatic carbocycles. The lowest BCUT2D eigenvalue weighted by Crippen LogP contribution is -2.31. The van der Waals surface area contributed by atoms with Gasteiger partial charge in [0.05, 0.1) is 29.5 Å². The van der Waals surface area contributed by atoms with Gasteiger partial charge in [-0.05, 0) is 36.3 Å². The van der Waals surface area contributed by atoms with Crippen molar-refractivity contribution in [2.24, 2.45) is 5.41 Å². The molecule has 1 saturated heterocycles. The fourth-order valence-electron chi connectivity index (χ4n) is 4.50. The molecule has 2 aliphatic rings. The van der Waals surface area contributed by atoms with Crippen molar-refractivity contribution in [1.29, 1.82) is 0 Å². The largest absolute Gasteiger partial charge is 0.334 e. The summed E-state index contributed by atoms with van der Waals surface area (Å²) >= 11 is 0. The van der Waals surface area contributed by atoms with Gasteiger partial charge in [-0.2, -0.15) is 5.10 Å². The number of nitrogens with zero attached hydrogens (tertiary/aromatic N) is 4. The molecule has 0 bridgehead atoms. The first-order chi connectivity index (χ1) is 12.9. The first-order valence-corrected chi connectivity index (χ1v) is 9.64. The van der Waals surface area contributed by atoms with Gasteiger partial charge in [0, 0.05) is 32.3 Å². The second kappa shape index (κ2) is 6.59. The maximum atomic E-state index is 13.1. The summed E-state index contributed by atoms with van der Waals surface area (Å²) in [7, 11) is 0. The van der Waals surface area contributed by atoms with E-state index in [1.165, 1.54) is 0 Å². The van der Waals surface area contributed by atoms with Gasteiger partial charge >= 0.3 is 0 Å². The molecule has 1 atom stereocenters. The van der Waals surface area contributed by atoms with Gasteiger partial charge in [-0.25, -0.2) is 0 Å². The van der Waals surface area contributed by atoms with Crippen LogP contribution in [0.4, 0.5) is 0 Å². The van der Waals surface area contributed by atoms with E-state index >= 15 is 0 Å². The highest BCUT2D eigenvalue weighted by Gasteiger charge is 2.40. The van der Waals surface area contributed by atoms with Crippen LogP contribution in [0.25, 0.3) is 0 Å². The lowest BCUT2D eigenvalue weighted by Gasteiger charge is -2.30. The molecule has 2 aromatic rings. The predicted molar refractivity (Wildman–Crippen MR) is 101 cm³/mol. The number of pyridine rings is 1. The Morgan fingerprint density at radius 2 is 2.15 bits per heavy atom. The van der Waals surface area contributed by atoms with Crippen molar-refractivity contribution in [3.05, 3.63) is 47.0 Å². The van der Waals surface area contributed by atoms with Gasteiger partial charge in [-0.3, -0.25) is 19.3 Å². The topological polar surface area (TPSA) is 68.1 Å². The van der Waals surface area contributed by atoms with E-state index in [9.17, 15) is 9.59 Å². The van der Waals surface area contributed by atoms with Crippen molar-refractivity contribution in [3.8, 4) is 0 Å². The van der Waals surface area contributed by atoms with Crippen molar-refractivity contribution in [2.45, 2.75) is 59.0 Å². The number of ketones is 1. The molecule has 0 N–H and O–H groups in total. The van der Waals surface area contributed by atoms with Crippen molar-refractivity contribution >= 4 is 11.7 Å². The molecule has 142 valence electrons. The van der Waals surface area contributed by atoms with E-state index in [4.69, 9.17) is 5.10 Å². The van der Waals surface area contributed by atoms with Gasteiger partial charge in [0.25, 0.3) is 0 Å². The summed E-state index contributed by atoms with van der Waals surface area (Å²) in [4.78, 5) is 31.2. The number of Topliss-reactive ketones (excluding diaryl/α,β-unsaturated/α-hetero) is 1. The molecule has 1 aliphatic heterocycles. The van der Waals surface area contributed by atoms with Gasteiger partial charge in [-0.15, -0.1) is 0 Å². The summed E-state index contributed by atoms with van der Waals surface area (Å²) in [6.45, 7) is 7.19. The van der Waals surface area contributed by atoms with E-state index in [-0.39, 0.29) is 23.1 Å². The number of rotatable bonds is 3. The van der Waals surface area contributed by atoms with Crippen molar-refractivity contribution < 1.29 is 9.59 Å². The first-order valence-electron chi connectivity index (χ1n) is 9.64. The predicted octanol–water partition coefficient (Wildman–Crippen LogP) is 3.16. The highest BCUT2D eigenvalue weighted by atomic mass is 16.2.